The first-order valence-corrected chi connectivity index (χ1v) is 5.11. The van der Waals surface area contributed by atoms with Gasteiger partial charge in [0, 0.05) is 5.56 Å². The highest BCUT2D eigenvalue weighted by molar-refractivity contribution is 6.33. The zero-order chi connectivity index (χ0) is 12.0. The molecule has 1 aromatic carbocycles. The minimum atomic E-state index is -4.32. The number of halogens is 4. The van der Waals surface area contributed by atoms with Crippen molar-refractivity contribution in [3.05, 3.63) is 34.3 Å². The van der Waals surface area contributed by atoms with Crippen LogP contribution in [0.5, 0.6) is 0 Å². The van der Waals surface area contributed by atoms with Gasteiger partial charge >= 0.3 is 6.18 Å². The van der Waals surface area contributed by atoms with E-state index in [1.807, 2.05) is 0 Å². The first kappa shape index (κ1) is 11.5. The first-order chi connectivity index (χ1) is 7.42. The number of hydrogen-bond donors (Lipinski definition) is 0. The van der Waals surface area contributed by atoms with Gasteiger partial charge in [0.2, 0.25) is 0 Å². The maximum absolute atomic E-state index is 12.9. The average Bonchev–Trinajstić information content (AvgIpc) is 2.96. The van der Waals surface area contributed by atoms with Gasteiger partial charge in [0.15, 0.2) is 6.29 Å². The zero-order valence-corrected chi connectivity index (χ0v) is 8.90. The maximum atomic E-state index is 12.9. The lowest BCUT2D eigenvalue weighted by molar-refractivity contribution is -0.160. The van der Waals surface area contributed by atoms with E-state index >= 15 is 0 Å². The summed E-state index contributed by atoms with van der Waals surface area (Å²) in [7, 11) is 0. The summed E-state index contributed by atoms with van der Waals surface area (Å²) < 4.78 is 38.6. The SMILES string of the molecule is O=Cc1c(Cl)cccc1C1(C(F)(F)F)CC1. The van der Waals surface area contributed by atoms with E-state index in [-0.39, 0.29) is 29.0 Å². The minimum absolute atomic E-state index is 0.00231. The Morgan fingerprint density at radius 1 is 1.31 bits per heavy atom. The molecule has 0 aromatic heterocycles. The molecule has 5 heteroatoms. The van der Waals surface area contributed by atoms with Crippen molar-refractivity contribution in [1.29, 1.82) is 0 Å². The molecule has 0 aliphatic heterocycles. The lowest BCUT2D eigenvalue weighted by atomic mass is 9.91. The van der Waals surface area contributed by atoms with E-state index in [0.29, 0.717) is 6.29 Å². The lowest BCUT2D eigenvalue weighted by Crippen LogP contribution is -2.29. The molecule has 0 atom stereocenters. The summed E-state index contributed by atoms with van der Waals surface area (Å²) in [5.74, 6) is 0. The van der Waals surface area contributed by atoms with Gasteiger partial charge in [-0.1, -0.05) is 23.7 Å². The van der Waals surface area contributed by atoms with Gasteiger partial charge in [-0.2, -0.15) is 13.2 Å². The molecule has 86 valence electrons. The van der Waals surface area contributed by atoms with Crippen molar-refractivity contribution in [2.24, 2.45) is 0 Å². The number of carbonyl (C=O) groups excluding carboxylic acids is 1. The Bertz CT molecular complexity index is 435. The predicted molar refractivity (Wildman–Crippen MR) is 53.8 cm³/mol. The van der Waals surface area contributed by atoms with Gasteiger partial charge in [-0.05, 0) is 24.5 Å². The molecule has 1 nitrogen and oxygen atoms in total. The summed E-state index contributed by atoms with van der Waals surface area (Å²) in [6, 6.07) is 4.19. The fourth-order valence-electron chi connectivity index (χ4n) is 1.90. The topological polar surface area (TPSA) is 17.1 Å². The Kier molecular flexibility index (Phi) is 2.49. The number of benzene rings is 1. The number of hydrogen-bond acceptors (Lipinski definition) is 1. The van der Waals surface area contributed by atoms with Gasteiger partial charge < -0.3 is 0 Å². The largest absolute Gasteiger partial charge is 0.398 e. The van der Waals surface area contributed by atoms with Crippen LogP contribution in [0.3, 0.4) is 0 Å². The van der Waals surface area contributed by atoms with Crippen LogP contribution in [0.2, 0.25) is 5.02 Å². The molecule has 1 fully saturated rings. The summed E-state index contributed by atoms with van der Waals surface area (Å²) >= 11 is 5.71. The van der Waals surface area contributed by atoms with E-state index in [1.54, 1.807) is 0 Å². The van der Waals surface area contributed by atoms with Gasteiger partial charge in [0.25, 0.3) is 0 Å². The van der Waals surface area contributed by atoms with Crippen LogP contribution in [0.15, 0.2) is 18.2 Å². The van der Waals surface area contributed by atoms with E-state index < -0.39 is 11.6 Å². The van der Waals surface area contributed by atoms with E-state index in [9.17, 15) is 18.0 Å². The third kappa shape index (κ3) is 1.52. The quantitative estimate of drug-likeness (QED) is 0.729. The average molecular weight is 249 g/mol. The predicted octanol–water partition coefficient (Wildman–Crippen LogP) is 3.75. The summed E-state index contributed by atoms with van der Waals surface area (Å²) in [4.78, 5) is 10.8. The molecule has 0 saturated heterocycles. The third-order valence-electron chi connectivity index (χ3n) is 2.98. The fraction of sp³-hybridized carbons (Fsp3) is 0.364. The Balaban J connectivity index is 2.57. The zero-order valence-electron chi connectivity index (χ0n) is 8.14. The Morgan fingerprint density at radius 3 is 2.38 bits per heavy atom. The molecular formula is C11H8ClF3O. The van der Waals surface area contributed by atoms with Gasteiger partial charge in [-0.3, -0.25) is 4.79 Å². The van der Waals surface area contributed by atoms with Crippen LogP contribution in [-0.2, 0) is 5.41 Å². The molecule has 1 saturated carbocycles. The molecule has 1 aromatic rings. The number of rotatable bonds is 2. The number of alkyl halides is 3. The second kappa shape index (κ2) is 3.48. The van der Waals surface area contributed by atoms with Gasteiger partial charge in [0.05, 0.1) is 10.4 Å². The maximum Gasteiger partial charge on any atom is 0.398 e. The molecule has 0 heterocycles. The molecule has 0 amide bonds. The monoisotopic (exact) mass is 248 g/mol. The Hall–Kier alpha value is -1.03. The summed E-state index contributed by atoms with van der Waals surface area (Å²) in [5.41, 5.74) is -1.89. The molecule has 0 unspecified atom stereocenters. The van der Waals surface area contributed by atoms with Crippen LogP contribution in [0.1, 0.15) is 28.8 Å². The highest BCUT2D eigenvalue weighted by atomic mass is 35.5. The van der Waals surface area contributed by atoms with Crippen LogP contribution in [-0.4, -0.2) is 12.5 Å². The molecule has 0 spiro atoms. The molecule has 1 aliphatic rings. The fourth-order valence-corrected chi connectivity index (χ4v) is 2.12. The third-order valence-corrected chi connectivity index (χ3v) is 3.31. The van der Waals surface area contributed by atoms with Crippen LogP contribution in [0.25, 0.3) is 0 Å². The molecule has 16 heavy (non-hydrogen) atoms. The van der Waals surface area contributed by atoms with Crippen molar-refractivity contribution < 1.29 is 18.0 Å². The van der Waals surface area contributed by atoms with E-state index in [1.165, 1.54) is 18.2 Å². The van der Waals surface area contributed by atoms with Crippen LogP contribution in [0, 0.1) is 0 Å². The van der Waals surface area contributed by atoms with Crippen molar-refractivity contribution in [1.82, 2.24) is 0 Å². The number of aldehydes is 1. The van der Waals surface area contributed by atoms with E-state index in [4.69, 9.17) is 11.6 Å². The standard InChI is InChI=1S/C11H8ClF3O/c12-9-3-1-2-8(7(9)6-16)10(4-5-10)11(13,14)15/h1-3,6H,4-5H2. The second-order valence-electron chi connectivity index (χ2n) is 3.90. The van der Waals surface area contributed by atoms with E-state index in [0.717, 1.165) is 0 Å². The normalized spacial score (nSPS) is 18.2. The van der Waals surface area contributed by atoms with Crippen molar-refractivity contribution in [3.63, 3.8) is 0 Å². The molecule has 0 N–H and O–H groups in total. The first-order valence-electron chi connectivity index (χ1n) is 4.73. The summed E-state index contributed by atoms with van der Waals surface area (Å²) in [5, 5.41) is 0.0722. The second-order valence-corrected chi connectivity index (χ2v) is 4.31. The minimum Gasteiger partial charge on any atom is -0.298 e. The van der Waals surface area contributed by atoms with E-state index in [2.05, 4.69) is 0 Å². The van der Waals surface area contributed by atoms with Crippen LogP contribution in [0.4, 0.5) is 13.2 Å². The summed E-state index contributed by atoms with van der Waals surface area (Å²) in [6.45, 7) is 0. The molecular weight excluding hydrogens is 241 g/mol. The highest BCUT2D eigenvalue weighted by Crippen LogP contribution is 2.59. The van der Waals surface area contributed by atoms with Crippen LogP contribution < -0.4 is 0 Å². The molecule has 1 aliphatic carbocycles. The summed E-state index contributed by atoms with van der Waals surface area (Å²) in [6.07, 6.45) is -3.88. The van der Waals surface area contributed by atoms with Crippen molar-refractivity contribution >= 4 is 17.9 Å². The highest BCUT2D eigenvalue weighted by Gasteiger charge is 2.64. The smallest absolute Gasteiger partial charge is 0.298 e. The number of carbonyl (C=O) groups is 1. The molecule has 0 radical (unpaired) electrons. The Labute approximate surface area is 95.2 Å². The van der Waals surface area contributed by atoms with Gasteiger partial charge in [0.1, 0.15) is 0 Å². The lowest BCUT2D eigenvalue weighted by Gasteiger charge is -2.21. The van der Waals surface area contributed by atoms with Gasteiger partial charge in [-0.15, -0.1) is 0 Å². The van der Waals surface area contributed by atoms with Crippen molar-refractivity contribution in [2.75, 3.05) is 0 Å². The Morgan fingerprint density at radius 2 is 1.94 bits per heavy atom. The molecule has 0 bridgehead atoms. The van der Waals surface area contributed by atoms with Gasteiger partial charge in [-0.25, -0.2) is 0 Å². The molecule has 2 rings (SSSR count). The van der Waals surface area contributed by atoms with Crippen molar-refractivity contribution in [3.8, 4) is 0 Å². The van der Waals surface area contributed by atoms with Crippen molar-refractivity contribution in [2.45, 2.75) is 24.4 Å². The van der Waals surface area contributed by atoms with Crippen LogP contribution >= 0.6 is 11.6 Å².